The number of aromatic amines is 1. The zero-order valence-corrected chi connectivity index (χ0v) is 10.6. The molecule has 0 bridgehead atoms. The van der Waals surface area contributed by atoms with Gasteiger partial charge in [-0.25, -0.2) is 4.98 Å². The Bertz CT molecular complexity index is 594. The molecule has 19 heavy (non-hydrogen) atoms. The fourth-order valence-electron chi connectivity index (χ4n) is 1.68. The first-order valence-electron chi connectivity index (χ1n) is 5.67. The molecule has 7 nitrogen and oxygen atoms in total. The molecule has 2 rings (SSSR count). The topological polar surface area (TPSA) is 93.1 Å². The van der Waals surface area contributed by atoms with Crippen molar-refractivity contribution >= 4 is 11.4 Å². The SMILES string of the molecule is COc1cc([N+](=O)[O-])ccc1NCc1nc[nH]c1C. The van der Waals surface area contributed by atoms with E-state index in [0.717, 1.165) is 11.4 Å². The normalized spacial score (nSPS) is 10.2. The van der Waals surface area contributed by atoms with E-state index in [1.165, 1.54) is 19.2 Å². The third kappa shape index (κ3) is 2.82. The average Bonchev–Trinajstić information content (AvgIpc) is 2.81. The maximum atomic E-state index is 10.7. The van der Waals surface area contributed by atoms with E-state index in [4.69, 9.17) is 4.74 Å². The van der Waals surface area contributed by atoms with Gasteiger partial charge in [-0.3, -0.25) is 10.1 Å². The van der Waals surface area contributed by atoms with Crippen molar-refractivity contribution in [1.82, 2.24) is 9.97 Å². The highest BCUT2D eigenvalue weighted by atomic mass is 16.6. The van der Waals surface area contributed by atoms with E-state index in [2.05, 4.69) is 15.3 Å². The number of H-pyrrole nitrogens is 1. The van der Waals surface area contributed by atoms with Crippen LogP contribution in [0.4, 0.5) is 11.4 Å². The first-order chi connectivity index (χ1) is 9.11. The smallest absolute Gasteiger partial charge is 0.273 e. The van der Waals surface area contributed by atoms with Gasteiger partial charge in [0.2, 0.25) is 0 Å². The second-order valence-corrected chi connectivity index (χ2v) is 3.97. The first-order valence-corrected chi connectivity index (χ1v) is 5.67. The zero-order valence-electron chi connectivity index (χ0n) is 10.6. The van der Waals surface area contributed by atoms with Gasteiger partial charge in [-0.2, -0.15) is 0 Å². The quantitative estimate of drug-likeness (QED) is 0.636. The third-order valence-corrected chi connectivity index (χ3v) is 2.78. The Balaban J connectivity index is 2.16. The predicted octanol–water partition coefficient (Wildman–Crippen LogP) is 2.25. The van der Waals surface area contributed by atoms with Crippen LogP contribution in [0.1, 0.15) is 11.4 Å². The van der Waals surface area contributed by atoms with Crippen molar-refractivity contribution in [3.8, 4) is 5.75 Å². The van der Waals surface area contributed by atoms with Gasteiger partial charge in [0.15, 0.2) is 0 Å². The van der Waals surface area contributed by atoms with Gasteiger partial charge in [0.05, 0.1) is 42.4 Å². The Morgan fingerprint density at radius 1 is 1.53 bits per heavy atom. The minimum Gasteiger partial charge on any atom is -0.494 e. The number of benzene rings is 1. The van der Waals surface area contributed by atoms with E-state index < -0.39 is 4.92 Å². The van der Waals surface area contributed by atoms with Crippen LogP contribution < -0.4 is 10.1 Å². The summed E-state index contributed by atoms with van der Waals surface area (Å²) in [7, 11) is 1.48. The van der Waals surface area contributed by atoms with Gasteiger partial charge in [-0.05, 0) is 13.0 Å². The summed E-state index contributed by atoms with van der Waals surface area (Å²) in [5.74, 6) is 0.433. The number of methoxy groups -OCH3 is 1. The average molecular weight is 262 g/mol. The Kier molecular flexibility index (Phi) is 3.65. The van der Waals surface area contributed by atoms with Crippen LogP contribution in [0, 0.1) is 17.0 Å². The number of nitrogens with zero attached hydrogens (tertiary/aromatic N) is 2. The Morgan fingerprint density at radius 2 is 2.32 bits per heavy atom. The summed E-state index contributed by atoms with van der Waals surface area (Å²) >= 11 is 0. The molecule has 0 fully saturated rings. The summed E-state index contributed by atoms with van der Waals surface area (Å²) in [5.41, 5.74) is 2.56. The lowest BCUT2D eigenvalue weighted by Gasteiger charge is -2.10. The van der Waals surface area contributed by atoms with E-state index >= 15 is 0 Å². The molecular weight excluding hydrogens is 248 g/mol. The Morgan fingerprint density at radius 3 is 2.89 bits per heavy atom. The molecule has 0 atom stereocenters. The summed E-state index contributed by atoms with van der Waals surface area (Å²) in [6.45, 7) is 2.45. The fraction of sp³-hybridized carbons (Fsp3) is 0.250. The van der Waals surface area contributed by atoms with Crippen LogP contribution >= 0.6 is 0 Å². The standard InChI is InChI=1S/C12H14N4O3/c1-8-11(15-7-14-8)6-13-10-4-3-9(16(17)18)5-12(10)19-2/h3-5,7,13H,6H2,1-2H3,(H,14,15). The molecule has 0 saturated heterocycles. The van der Waals surface area contributed by atoms with Gasteiger partial charge < -0.3 is 15.0 Å². The highest BCUT2D eigenvalue weighted by Gasteiger charge is 2.11. The van der Waals surface area contributed by atoms with Crippen LogP contribution in [-0.2, 0) is 6.54 Å². The van der Waals surface area contributed by atoms with Crippen molar-refractivity contribution < 1.29 is 9.66 Å². The van der Waals surface area contributed by atoms with Crippen LogP contribution in [0.5, 0.6) is 5.75 Å². The van der Waals surface area contributed by atoms with E-state index in [-0.39, 0.29) is 5.69 Å². The largest absolute Gasteiger partial charge is 0.494 e. The Labute approximate surface area is 109 Å². The van der Waals surface area contributed by atoms with Crippen molar-refractivity contribution in [1.29, 1.82) is 0 Å². The highest BCUT2D eigenvalue weighted by molar-refractivity contribution is 5.60. The van der Waals surface area contributed by atoms with Crippen LogP contribution in [-0.4, -0.2) is 22.0 Å². The molecule has 0 spiro atoms. The molecule has 0 amide bonds. The molecule has 1 aromatic heterocycles. The lowest BCUT2D eigenvalue weighted by molar-refractivity contribution is -0.384. The number of hydrogen-bond donors (Lipinski definition) is 2. The van der Waals surface area contributed by atoms with Gasteiger partial charge in [0, 0.05) is 11.8 Å². The molecule has 0 aliphatic carbocycles. The molecule has 2 aromatic rings. The molecule has 0 unspecified atom stereocenters. The molecular formula is C12H14N4O3. The minimum atomic E-state index is -0.454. The molecule has 7 heteroatoms. The maximum Gasteiger partial charge on any atom is 0.273 e. The number of hydrogen-bond acceptors (Lipinski definition) is 5. The van der Waals surface area contributed by atoms with E-state index in [1.807, 2.05) is 6.92 Å². The number of anilines is 1. The van der Waals surface area contributed by atoms with Gasteiger partial charge in [0.1, 0.15) is 5.75 Å². The van der Waals surface area contributed by atoms with Crippen LogP contribution in [0.2, 0.25) is 0 Å². The van der Waals surface area contributed by atoms with E-state index in [0.29, 0.717) is 18.0 Å². The van der Waals surface area contributed by atoms with Crippen molar-refractivity contribution in [2.75, 3.05) is 12.4 Å². The molecule has 1 aromatic carbocycles. The second-order valence-electron chi connectivity index (χ2n) is 3.97. The van der Waals surface area contributed by atoms with Gasteiger partial charge in [-0.15, -0.1) is 0 Å². The number of rotatable bonds is 5. The lowest BCUT2D eigenvalue weighted by atomic mass is 10.2. The molecule has 0 saturated carbocycles. The first kappa shape index (κ1) is 12.9. The molecule has 2 N–H and O–H groups in total. The number of imidazole rings is 1. The van der Waals surface area contributed by atoms with Gasteiger partial charge in [-0.1, -0.05) is 0 Å². The highest BCUT2D eigenvalue weighted by Crippen LogP contribution is 2.29. The molecule has 0 aliphatic heterocycles. The molecule has 1 heterocycles. The van der Waals surface area contributed by atoms with Crippen LogP contribution in [0.25, 0.3) is 0 Å². The predicted molar refractivity (Wildman–Crippen MR) is 70.3 cm³/mol. The fourth-order valence-corrected chi connectivity index (χ4v) is 1.68. The van der Waals surface area contributed by atoms with Crippen LogP contribution in [0.3, 0.4) is 0 Å². The van der Waals surface area contributed by atoms with Crippen molar-refractivity contribution in [3.05, 3.63) is 46.0 Å². The van der Waals surface area contributed by atoms with Gasteiger partial charge in [0.25, 0.3) is 5.69 Å². The molecule has 0 aliphatic rings. The Hall–Kier alpha value is -2.57. The number of nitro groups is 1. The zero-order chi connectivity index (χ0) is 13.8. The number of nitrogens with one attached hydrogen (secondary N) is 2. The lowest BCUT2D eigenvalue weighted by Crippen LogP contribution is -2.03. The van der Waals surface area contributed by atoms with Crippen LogP contribution in [0.15, 0.2) is 24.5 Å². The van der Waals surface area contributed by atoms with E-state index in [1.54, 1.807) is 12.4 Å². The van der Waals surface area contributed by atoms with Crippen molar-refractivity contribution in [3.63, 3.8) is 0 Å². The molecule has 100 valence electrons. The summed E-state index contributed by atoms with van der Waals surface area (Å²) in [6, 6.07) is 4.45. The molecule has 0 radical (unpaired) electrons. The number of nitro benzene ring substituents is 1. The number of aromatic nitrogens is 2. The maximum absolute atomic E-state index is 10.7. The van der Waals surface area contributed by atoms with Crippen molar-refractivity contribution in [2.45, 2.75) is 13.5 Å². The summed E-state index contributed by atoms with van der Waals surface area (Å²) in [5, 5.41) is 13.8. The summed E-state index contributed by atoms with van der Waals surface area (Å²) in [6.07, 6.45) is 1.62. The minimum absolute atomic E-state index is 0.00153. The second kappa shape index (κ2) is 5.38. The third-order valence-electron chi connectivity index (χ3n) is 2.78. The summed E-state index contributed by atoms with van der Waals surface area (Å²) < 4.78 is 5.14. The van der Waals surface area contributed by atoms with E-state index in [9.17, 15) is 10.1 Å². The number of non-ortho nitro benzene ring substituents is 1. The number of aryl methyl sites for hydroxylation is 1. The van der Waals surface area contributed by atoms with Crippen molar-refractivity contribution in [2.24, 2.45) is 0 Å². The summed E-state index contributed by atoms with van der Waals surface area (Å²) in [4.78, 5) is 17.4. The monoisotopic (exact) mass is 262 g/mol. The van der Waals surface area contributed by atoms with Gasteiger partial charge >= 0.3 is 0 Å². The number of ether oxygens (including phenoxy) is 1.